The minimum absolute atomic E-state index is 0.245. The molecule has 0 radical (unpaired) electrons. The molecule has 0 aliphatic rings. The molecule has 72 valence electrons. The molecule has 1 aromatic carbocycles. The molecule has 0 spiro atoms. The number of hydrogen-bond donors (Lipinski definition) is 2. The second-order valence-electron chi connectivity index (χ2n) is 3.00. The van der Waals surface area contributed by atoms with Crippen LogP contribution in [-0.2, 0) is 0 Å². The van der Waals surface area contributed by atoms with Crippen LogP contribution in [0.2, 0.25) is 5.02 Å². The van der Waals surface area contributed by atoms with Gasteiger partial charge in [-0.05, 0) is 30.7 Å². The van der Waals surface area contributed by atoms with Crippen molar-refractivity contribution in [3.05, 3.63) is 28.8 Å². The monoisotopic (exact) mass is 208 g/mol. The summed E-state index contributed by atoms with van der Waals surface area (Å²) < 4.78 is 0. The number of nitrogen functional groups attached to an aromatic ring is 1. The first-order valence-corrected chi connectivity index (χ1v) is 4.49. The summed E-state index contributed by atoms with van der Waals surface area (Å²) in [5, 5.41) is 7.23. The third-order valence-electron chi connectivity index (χ3n) is 1.95. The maximum atomic E-state index is 5.84. The minimum Gasteiger partial charge on any atom is -0.366 e. The van der Waals surface area contributed by atoms with Crippen molar-refractivity contribution in [1.82, 2.24) is 15.2 Å². The molecule has 0 amide bonds. The van der Waals surface area contributed by atoms with Crippen LogP contribution in [0.3, 0.4) is 0 Å². The number of aryl methyl sites for hydroxylation is 1. The second kappa shape index (κ2) is 3.31. The fourth-order valence-corrected chi connectivity index (χ4v) is 1.51. The molecule has 0 fully saturated rings. The molecular formula is C9H9ClN4. The highest BCUT2D eigenvalue weighted by Crippen LogP contribution is 2.22. The Kier molecular flexibility index (Phi) is 2.13. The van der Waals surface area contributed by atoms with Crippen LogP contribution in [0.25, 0.3) is 11.4 Å². The molecule has 5 heteroatoms. The number of hydrogen-bond acceptors (Lipinski definition) is 3. The fourth-order valence-electron chi connectivity index (χ4n) is 1.29. The Labute approximate surface area is 86.1 Å². The van der Waals surface area contributed by atoms with Gasteiger partial charge in [-0.1, -0.05) is 11.6 Å². The Bertz CT molecular complexity index is 464. The smallest absolute Gasteiger partial charge is 0.239 e. The molecule has 1 heterocycles. The number of rotatable bonds is 1. The maximum absolute atomic E-state index is 5.84. The first-order valence-electron chi connectivity index (χ1n) is 4.11. The Morgan fingerprint density at radius 2 is 2.21 bits per heavy atom. The number of halogens is 1. The number of benzene rings is 1. The summed E-state index contributed by atoms with van der Waals surface area (Å²) in [5.74, 6) is 0.908. The van der Waals surface area contributed by atoms with Crippen LogP contribution >= 0.6 is 11.6 Å². The van der Waals surface area contributed by atoms with E-state index in [9.17, 15) is 0 Å². The van der Waals surface area contributed by atoms with Crippen LogP contribution in [0.1, 0.15) is 5.56 Å². The van der Waals surface area contributed by atoms with Crippen LogP contribution in [0.15, 0.2) is 18.2 Å². The topological polar surface area (TPSA) is 67.6 Å². The standard InChI is InChI=1S/C9H9ClN4/c1-5-4-6(10)2-3-7(5)8-12-9(11)14-13-8/h2-4H,1H3,(H3,11,12,13,14). The van der Waals surface area contributed by atoms with Crippen molar-refractivity contribution in [3.63, 3.8) is 0 Å². The molecule has 14 heavy (non-hydrogen) atoms. The summed E-state index contributed by atoms with van der Waals surface area (Å²) in [6.45, 7) is 1.96. The lowest BCUT2D eigenvalue weighted by Gasteiger charge is -2.01. The zero-order chi connectivity index (χ0) is 10.1. The van der Waals surface area contributed by atoms with Gasteiger partial charge >= 0.3 is 0 Å². The summed E-state index contributed by atoms with van der Waals surface area (Å²) >= 11 is 5.84. The Hall–Kier alpha value is -1.55. The van der Waals surface area contributed by atoms with E-state index in [1.54, 1.807) is 0 Å². The normalized spacial score (nSPS) is 10.4. The average molecular weight is 209 g/mol. The van der Waals surface area contributed by atoms with E-state index >= 15 is 0 Å². The van der Waals surface area contributed by atoms with Gasteiger partial charge in [0, 0.05) is 10.6 Å². The third kappa shape index (κ3) is 1.56. The molecule has 0 aliphatic carbocycles. The van der Waals surface area contributed by atoms with Gasteiger partial charge in [-0.3, -0.25) is 5.10 Å². The molecule has 1 aromatic heterocycles. The van der Waals surface area contributed by atoms with Gasteiger partial charge in [-0.2, -0.15) is 4.98 Å². The van der Waals surface area contributed by atoms with Crippen LogP contribution in [0.4, 0.5) is 5.95 Å². The largest absolute Gasteiger partial charge is 0.366 e. The predicted octanol–water partition coefficient (Wildman–Crippen LogP) is 2.02. The van der Waals surface area contributed by atoms with E-state index in [1.807, 2.05) is 25.1 Å². The molecule has 0 aliphatic heterocycles. The molecule has 0 unspecified atom stereocenters. The lowest BCUT2D eigenvalue weighted by Crippen LogP contribution is -1.87. The van der Waals surface area contributed by atoms with E-state index in [0.29, 0.717) is 10.8 Å². The summed E-state index contributed by atoms with van der Waals surface area (Å²) in [6.07, 6.45) is 0. The SMILES string of the molecule is Cc1cc(Cl)ccc1-c1nc(N)n[nH]1. The summed E-state index contributed by atoms with van der Waals surface area (Å²) in [7, 11) is 0. The van der Waals surface area contributed by atoms with Crippen molar-refractivity contribution in [2.75, 3.05) is 5.73 Å². The van der Waals surface area contributed by atoms with Crippen molar-refractivity contribution in [1.29, 1.82) is 0 Å². The molecule has 0 atom stereocenters. The predicted molar refractivity (Wildman–Crippen MR) is 56.0 cm³/mol. The van der Waals surface area contributed by atoms with Crippen molar-refractivity contribution in [2.45, 2.75) is 6.92 Å². The second-order valence-corrected chi connectivity index (χ2v) is 3.44. The zero-order valence-corrected chi connectivity index (χ0v) is 8.34. The van der Waals surface area contributed by atoms with E-state index in [0.717, 1.165) is 11.1 Å². The zero-order valence-electron chi connectivity index (χ0n) is 7.58. The van der Waals surface area contributed by atoms with Crippen LogP contribution < -0.4 is 5.73 Å². The summed E-state index contributed by atoms with van der Waals surface area (Å²) in [5.41, 5.74) is 7.41. The van der Waals surface area contributed by atoms with Gasteiger partial charge in [0.1, 0.15) is 0 Å². The average Bonchev–Trinajstić information content (AvgIpc) is 2.51. The number of H-pyrrole nitrogens is 1. The lowest BCUT2D eigenvalue weighted by molar-refractivity contribution is 1.10. The van der Waals surface area contributed by atoms with E-state index in [-0.39, 0.29) is 5.95 Å². The molecule has 0 saturated heterocycles. The van der Waals surface area contributed by atoms with Crippen molar-refractivity contribution in [3.8, 4) is 11.4 Å². The molecule has 2 aromatic rings. The van der Waals surface area contributed by atoms with Crippen molar-refractivity contribution >= 4 is 17.5 Å². The van der Waals surface area contributed by atoms with E-state index in [4.69, 9.17) is 17.3 Å². The van der Waals surface area contributed by atoms with E-state index in [1.165, 1.54) is 0 Å². The lowest BCUT2D eigenvalue weighted by atomic mass is 10.1. The molecule has 4 nitrogen and oxygen atoms in total. The molecule has 0 saturated carbocycles. The van der Waals surface area contributed by atoms with Crippen LogP contribution in [0.5, 0.6) is 0 Å². The van der Waals surface area contributed by atoms with Gasteiger partial charge in [-0.15, -0.1) is 5.10 Å². The number of aromatic amines is 1. The van der Waals surface area contributed by atoms with Crippen LogP contribution in [0, 0.1) is 6.92 Å². The van der Waals surface area contributed by atoms with Gasteiger partial charge in [-0.25, -0.2) is 0 Å². The van der Waals surface area contributed by atoms with Gasteiger partial charge in [0.2, 0.25) is 5.95 Å². The molecular weight excluding hydrogens is 200 g/mol. The number of nitrogens with one attached hydrogen (secondary N) is 1. The van der Waals surface area contributed by atoms with Crippen molar-refractivity contribution in [2.24, 2.45) is 0 Å². The van der Waals surface area contributed by atoms with Crippen LogP contribution in [-0.4, -0.2) is 15.2 Å². The maximum Gasteiger partial charge on any atom is 0.239 e. The summed E-state index contributed by atoms with van der Waals surface area (Å²) in [6, 6.07) is 5.57. The summed E-state index contributed by atoms with van der Waals surface area (Å²) in [4.78, 5) is 4.04. The van der Waals surface area contributed by atoms with Gasteiger partial charge in [0.05, 0.1) is 0 Å². The number of nitrogens with zero attached hydrogens (tertiary/aromatic N) is 2. The first kappa shape index (κ1) is 9.02. The Morgan fingerprint density at radius 1 is 1.43 bits per heavy atom. The Balaban J connectivity index is 2.52. The minimum atomic E-state index is 0.245. The first-order chi connectivity index (χ1) is 6.66. The highest BCUT2D eigenvalue weighted by atomic mass is 35.5. The van der Waals surface area contributed by atoms with Crippen molar-refractivity contribution < 1.29 is 0 Å². The fraction of sp³-hybridized carbons (Fsp3) is 0.111. The quantitative estimate of drug-likeness (QED) is 0.754. The van der Waals surface area contributed by atoms with Gasteiger partial charge < -0.3 is 5.73 Å². The third-order valence-corrected chi connectivity index (χ3v) is 2.18. The number of nitrogens with two attached hydrogens (primary N) is 1. The number of aromatic nitrogens is 3. The highest BCUT2D eigenvalue weighted by molar-refractivity contribution is 6.30. The molecule has 3 N–H and O–H groups in total. The van der Waals surface area contributed by atoms with E-state index < -0.39 is 0 Å². The Morgan fingerprint density at radius 3 is 2.79 bits per heavy atom. The van der Waals surface area contributed by atoms with E-state index in [2.05, 4.69) is 15.2 Å². The highest BCUT2D eigenvalue weighted by Gasteiger charge is 2.06. The van der Waals surface area contributed by atoms with Gasteiger partial charge in [0.15, 0.2) is 5.82 Å². The number of anilines is 1. The van der Waals surface area contributed by atoms with Gasteiger partial charge in [0.25, 0.3) is 0 Å². The molecule has 0 bridgehead atoms. The molecule has 2 rings (SSSR count).